The number of benzene rings is 4. The Hall–Kier alpha value is -3.88. The molecule has 0 radical (unpaired) electrons. The Labute approximate surface area is 203 Å². The van der Waals surface area contributed by atoms with Crippen molar-refractivity contribution in [2.75, 3.05) is 0 Å². The van der Waals surface area contributed by atoms with Crippen LogP contribution in [0.25, 0.3) is 11.1 Å². The van der Waals surface area contributed by atoms with E-state index in [9.17, 15) is 22.9 Å². The summed E-state index contributed by atoms with van der Waals surface area (Å²) in [5.74, 6) is -0.379. The molecule has 8 heteroatoms. The first-order valence-corrected chi connectivity index (χ1v) is 12.3. The summed E-state index contributed by atoms with van der Waals surface area (Å²) in [7, 11) is -4.32. The zero-order valence-corrected chi connectivity index (χ0v) is 19.9. The molecule has 0 spiro atoms. The summed E-state index contributed by atoms with van der Waals surface area (Å²) in [6.07, 6.45) is 0. The van der Waals surface area contributed by atoms with Crippen molar-refractivity contribution in [3.05, 3.63) is 129 Å². The Kier molecular flexibility index (Phi) is 6.77. The van der Waals surface area contributed by atoms with Gasteiger partial charge in [0.2, 0.25) is 10.0 Å². The topological polar surface area (TPSA) is 89.3 Å². The van der Waals surface area contributed by atoms with Gasteiger partial charge in [0.25, 0.3) is 5.69 Å². The highest BCUT2D eigenvalue weighted by Gasteiger charge is 2.31. The van der Waals surface area contributed by atoms with E-state index >= 15 is 0 Å². The second-order valence-corrected chi connectivity index (χ2v) is 9.86. The highest BCUT2D eigenvalue weighted by Crippen LogP contribution is 2.37. The molecule has 4 rings (SSSR count). The van der Waals surface area contributed by atoms with Crippen LogP contribution < -0.4 is 4.72 Å². The third kappa shape index (κ3) is 4.99. The molecule has 0 aliphatic rings. The van der Waals surface area contributed by atoms with Crippen molar-refractivity contribution in [2.45, 2.75) is 24.8 Å². The number of aryl methyl sites for hydroxylation is 2. The second-order valence-electron chi connectivity index (χ2n) is 8.18. The van der Waals surface area contributed by atoms with Gasteiger partial charge in [-0.05, 0) is 65.4 Å². The minimum atomic E-state index is -4.32. The first-order chi connectivity index (χ1) is 16.7. The van der Waals surface area contributed by atoms with Crippen molar-refractivity contribution < 1.29 is 17.7 Å². The van der Waals surface area contributed by atoms with E-state index < -0.39 is 31.6 Å². The minimum absolute atomic E-state index is 0.379. The molecular weight excluding hydrogens is 467 g/mol. The fraction of sp³-hybridized carbons (Fsp3) is 0.111. The van der Waals surface area contributed by atoms with E-state index in [0.29, 0.717) is 16.7 Å². The zero-order chi connectivity index (χ0) is 25.2. The lowest BCUT2D eigenvalue weighted by Crippen LogP contribution is -2.31. The molecule has 178 valence electrons. The molecule has 0 saturated heterocycles. The first-order valence-electron chi connectivity index (χ1n) is 10.9. The predicted octanol–water partition coefficient (Wildman–Crippen LogP) is 6.09. The molecule has 0 fully saturated rings. The summed E-state index contributed by atoms with van der Waals surface area (Å²) < 4.78 is 43.5. The van der Waals surface area contributed by atoms with Crippen molar-refractivity contribution in [3.63, 3.8) is 0 Å². The summed E-state index contributed by atoms with van der Waals surface area (Å²) in [5.41, 5.74) is 3.97. The van der Waals surface area contributed by atoms with Crippen LogP contribution in [0.3, 0.4) is 0 Å². The molecular formula is C27H23FN2O4S. The van der Waals surface area contributed by atoms with Gasteiger partial charge in [0, 0.05) is 6.07 Å². The molecule has 1 N–H and O–H groups in total. The standard InChI is InChI=1S/C27H23FN2O4S/c1-18-8-3-4-10-22(18)27(29-35(33,34)25-13-6-5-12-24(25)30(31)32)26-19(2)9-7-11-23(26)20-14-16-21(28)17-15-20/h3-17,27,29H,1-2H3. The molecule has 1 unspecified atom stereocenters. The fourth-order valence-electron chi connectivity index (χ4n) is 4.19. The molecule has 0 amide bonds. The number of nitrogens with zero attached hydrogens (tertiary/aromatic N) is 1. The van der Waals surface area contributed by atoms with Crippen LogP contribution in [0.15, 0.2) is 95.9 Å². The second kappa shape index (κ2) is 9.77. The van der Waals surface area contributed by atoms with Gasteiger partial charge in [0.1, 0.15) is 5.82 Å². The number of hydrogen-bond donors (Lipinski definition) is 1. The Morgan fingerprint density at radius 1 is 0.829 bits per heavy atom. The average molecular weight is 491 g/mol. The molecule has 0 heterocycles. The Bertz CT molecular complexity index is 1500. The number of hydrogen-bond acceptors (Lipinski definition) is 4. The number of para-hydroxylation sites is 1. The van der Waals surface area contributed by atoms with Gasteiger partial charge in [-0.3, -0.25) is 10.1 Å². The summed E-state index contributed by atoms with van der Waals surface area (Å²) in [4.78, 5) is 10.4. The van der Waals surface area contributed by atoms with Crippen LogP contribution in [-0.4, -0.2) is 13.3 Å². The molecule has 4 aromatic rings. The molecule has 4 aromatic carbocycles. The van der Waals surface area contributed by atoms with Gasteiger partial charge in [-0.2, -0.15) is 4.72 Å². The molecule has 0 bridgehead atoms. The molecule has 0 aromatic heterocycles. The van der Waals surface area contributed by atoms with Gasteiger partial charge in [-0.1, -0.05) is 66.7 Å². The number of nitrogens with one attached hydrogen (secondary N) is 1. The first kappa shape index (κ1) is 24.3. The van der Waals surface area contributed by atoms with Crippen molar-refractivity contribution in [1.82, 2.24) is 4.72 Å². The number of nitro groups is 1. The Morgan fingerprint density at radius 3 is 2.14 bits per heavy atom. The number of nitro benzene ring substituents is 1. The monoisotopic (exact) mass is 490 g/mol. The fourth-order valence-corrected chi connectivity index (χ4v) is 5.55. The summed E-state index contributed by atoms with van der Waals surface area (Å²) in [5, 5.41) is 11.6. The van der Waals surface area contributed by atoms with Crippen molar-refractivity contribution in [2.24, 2.45) is 0 Å². The van der Waals surface area contributed by atoms with Crippen LogP contribution in [0.5, 0.6) is 0 Å². The predicted molar refractivity (Wildman–Crippen MR) is 133 cm³/mol. The van der Waals surface area contributed by atoms with Gasteiger partial charge in [-0.15, -0.1) is 0 Å². The molecule has 35 heavy (non-hydrogen) atoms. The highest BCUT2D eigenvalue weighted by atomic mass is 32.2. The van der Waals surface area contributed by atoms with Crippen molar-refractivity contribution in [3.8, 4) is 11.1 Å². The smallest absolute Gasteiger partial charge is 0.258 e. The third-order valence-electron chi connectivity index (χ3n) is 5.89. The van der Waals surface area contributed by atoms with E-state index in [1.165, 1.54) is 30.3 Å². The normalized spacial score (nSPS) is 12.3. The molecule has 6 nitrogen and oxygen atoms in total. The number of halogens is 1. The van der Waals surface area contributed by atoms with Crippen LogP contribution in [0.2, 0.25) is 0 Å². The minimum Gasteiger partial charge on any atom is -0.258 e. The van der Waals surface area contributed by atoms with E-state index in [1.54, 1.807) is 12.1 Å². The quantitative estimate of drug-likeness (QED) is 0.251. The van der Waals surface area contributed by atoms with Gasteiger partial charge >= 0.3 is 0 Å². The maximum Gasteiger partial charge on any atom is 0.289 e. The van der Waals surface area contributed by atoms with Gasteiger partial charge in [0.05, 0.1) is 11.0 Å². The molecule has 0 aliphatic carbocycles. The number of rotatable bonds is 7. The van der Waals surface area contributed by atoms with Crippen LogP contribution in [0.1, 0.15) is 28.3 Å². The van der Waals surface area contributed by atoms with E-state index in [4.69, 9.17) is 0 Å². The summed E-state index contributed by atoms with van der Waals surface area (Å²) in [6.45, 7) is 3.74. The van der Waals surface area contributed by atoms with E-state index in [0.717, 1.165) is 22.8 Å². The van der Waals surface area contributed by atoms with Crippen LogP contribution >= 0.6 is 0 Å². The SMILES string of the molecule is Cc1ccccc1C(NS(=O)(=O)c1ccccc1[N+](=O)[O-])c1c(C)cccc1-c1ccc(F)cc1. The third-order valence-corrected chi connectivity index (χ3v) is 7.36. The van der Waals surface area contributed by atoms with Crippen LogP contribution in [0.4, 0.5) is 10.1 Å². The maximum absolute atomic E-state index is 13.6. The Morgan fingerprint density at radius 2 is 1.46 bits per heavy atom. The maximum atomic E-state index is 13.6. The van der Waals surface area contributed by atoms with Crippen LogP contribution in [0, 0.1) is 29.8 Å². The summed E-state index contributed by atoms with van der Waals surface area (Å²) in [6, 6.07) is 23.3. The lowest BCUT2D eigenvalue weighted by atomic mass is 9.87. The van der Waals surface area contributed by atoms with Crippen molar-refractivity contribution in [1.29, 1.82) is 0 Å². The van der Waals surface area contributed by atoms with Crippen molar-refractivity contribution >= 4 is 15.7 Å². The molecule has 0 saturated carbocycles. The lowest BCUT2D eigenvalue weighted by Gasteiger charge is -2.26. The average Bonchev–Trinajstić information content (AvgIpc) is 2.83. The lowest BCUT2D eigenvalue weighted by molar-refractivity contribution is -0.387. The highest BCUT2D eigenvalue weighted by molar-refractivity contribution is 7.89. The van der Waals surface area contributed by atoms with E-state index in [1.807, 2.05) is 56.3 Å². The van der Waals surface area contributed by atoms with Gasteiger partial charge in [-0.25, -0.2) is 12.8 Å². The summed E-state index contributed by atoms with van der Waals surface area (Å²) >= 11 is 0. The molecule has 0 aliphatic heterocycles. The molecule has 1 atom stereocenters. The van der Waals surface area contributed by atoms with Gasteiger partial charge < -0.3 is 0 Å². The van der Waals surface area contributed by atoms with E-state index in [2.05, 4.69) is 4.72 Å². The number of sulfonamides is 1. The zero-order valence-electron chi connectivity index (χ0n) is 19.1. The van der Waals surface area contributed by atoms with E-state index in [-0.39, 0.29) is 5.82 Å². The van der Waals surface area contributed by atoms with Gasteiger partial charge in [0.15, 0.2) is 4.90 Å². The largest absolute Gasteiger partial charge is 0.289 e. The van der Waals surface area contributed by atoms with Crippen LogP contribution in [-0.2, 0) is 10.0 Å². The Balaban J connectivity index is 1.94.